The van der Waals surface area contributed by atoms with Crippen LogP contribution in [-0.2, 0) is 18.3 Å². The molecule has 0 saturated heterocycles. The van der Waals surface area contributed by atoms with Crippen LogP contribution < -0.4 is 4.31 Å². The number of amides is 1. The summed E-state index contributed by atoms with van der Waals surface area (Å²) < 4.78 is 3.02. The number of hydrogen-bond acceptors (Lipinski definition) is 3. The van der Waals surface area contributed by atoms with Crippen molar-refractivity contribution >= 4 is 24.5 Å². The first kappa shape index (κ1) is 12.3. The van der Waals surface area contributed by atoms with E-state index in [-0.39, 0.29) is 11.8 Å². The van der Waals surface area contributed by atoms with E-state index < -0.39 is 0 Å². The van der Waals surface area contributed by atoms with E-state index in [1.165, 1.54) is 9.87 Å². The SMILES string of the molecule is Cn1ccc(N(S)C(=O)C2CCc3ccccc32)n1. The van der Waals surface area contributed by atoms with Gasteiger partial charge in [0, 0.05) is 19.3 Å². The molecule has 0 fully saturated rings. The Hall–Kier alpha value is -1.75. The van der Waals surface area contributed by atoms with Gasteiger partial charge in [0.1, 0.15) is 0 Å². The van der Waals surface area contributed by atoms with Crippen molar-refractivity contribution in [3.8, 4) is 0 Å². The molecule has 0 aliphatic heterocycles. The van der Waals surface area contributed by atoms with Gasteiger partial charge in [0.2, 0.25) is 5.91 Å². The van der Waals surface area contributed by atoms with E-state index in [0.717, 1.165) is 18.4 Å². The average molecular weight is 273 g/mol. The lowest BCUT2D eigenvalue weighted by Gasteiger charge is -2.18. The van der Waals surface area contributed by atoms with Crippen LogP contribution in [0.4, 0.5) is 5.82 Å². The van der Waals surface area contributed by atoms with E-state index in [1.54, 1.807) is 16.9 Å². The lowest BCUT2D eigenvalue weighted by atomic mass is 10.0. The molecule has 0 bridgehead atoms. The lowest BCUT2D eigenvalue weighted by molar-refractivity contribution is -0.118. The summed E-state index contributed by atoms with van der Waals surface area (Å²) in [5.41, 5.74) is 2.39. The van der Waals surface area contributed by atoms with E-state index in [2.05, 4.69) is 24.0 Å². The fourth-order valence-electron chi connectivity index (χ4n) is 2.59. The lowest BCUT2D eigenvalue weighted by Crippen LogP contribution is -2.26. The van der Waals surface area contributed by atoms with Gasteiger partial charge >= 0.3 is 0 Å². The van der Waals surface area contributed by atoms with Crippen molar-refractivity contribution in [2.45, 2.75) is 18.8 Å². The summed E-state index contributed by atoms with van der Waals surface area (Å²) in [6.45, 7) is 0. The predicted molar refractivity (Wildman–Crippen MR) is 77.2 cm³/mol. The van der Waals surface area contributed by atoms with Crippen LogP contribution in [0.1, 0.15) is 23.5 Å². The first-order chi connectivity index (χ1) is 9.16. The third-order valence-electron chi connectivity index (χ3n) is 3.56. The Labute approximate surface area is 117 Å². The van der Waals surface area contributed by atoms with Gasteiger partial charge in [-0.2, -0.15) is 5.10 Å². The smallest absolute Gasteiger partial charge is 0.245 e. The molecular weight excluding hydrogens is 258 g/mol. The maximum absolute atomic E-state index is 12.5. The summed E-state index contributed by atoms with van der Waals surface area (Å²) in [5, 5.41) is 4.20. The molecule has 1 amide bonds. The molecule has 5 heteroatoms. The highest BCUT2D eigenvalue weighted by molar-refractivity contribution is 7.82. The van der Waals surface area contributed by atoms with Gasteiger partial charge in [0.15, 0.2) is 5.82 Å². The summed E-state index contributed by atoms with van der Waals surface area (Å²) in [5.74, 6) is 0.461. The number of carbonyl (C=O) groups excluding carboxylic acids is 1. The second-order valence-corrected chi connectivity index (χ2v) is 5.19. The number of nitrogens with zero attached hydrogens (tertiary/aromatic N) is 3. The van der Waals surface area contributed by atoms with Crippen molar-refractivity contribution in [3.63, 3.8) is 0 Å². The van der Waals surface area contributed by atoms with E-state index >= 15 is 0 Å². The molecule has 19 heavy (non-hydrogen) atoms. The van der Waals surface area contributed by atoms with Crippen molar-refractivity contribution in [1.82, 2.24) is 9.78 Å². The summed E-state index contributed by atoms with van der Waals surface area (Å²) in [4.78, 5) is 12.5. The molecule has 3 rings (SSSR count). The van der Waals surface area contributed by atoms with Crippen LogP contribution in [0.2, 0.25) is 0 Å². The minimum atomic E-state index is -0.101. The van der Waals surface area contributed by atoms with Gasteiger partial charge in [-0.05, 0) is 24.0 Å². The zero-order valence-electron chi connectivity index (χ0n) is 10.7. The van der Waals surface area contributed by atoms with Crippen molar-refractivity contribution in [3.05, 3.63) is 47.7 Å². The molecule has 1 aliphatic rings. The number of rotatable bonds is 2. The minimum absolute atomic E-state index is 0.00742. The monoisotopic (exact) mass is 273 g/mol. The largest absolute Gasteiger partial charge is 0.274 e. The molecule has 0 radical (unpaired) electrons. The molecule has 1 aliphatic carbocycles. The van der Waals surface area contributed by atoms with Crippen LogP contribution >= 0.6 is 12.8 Å². The topological polar surface area (TPSA) is 38.1 Å². The molecule has 1 heterocycles. The third kappa shape index (κ3) is 2.14. The normalized spacial score (nSPS) is 17.3. The Kier molecular flexibility index (Phi) is 3.06. The molecule has 4 nitrogen and oxygen atoms in total. The summed E-state index contributed by atoms with van der Waals surface area (Å²) in [6, 6.07) is 9.90. The molecule has 1 aromatic carbocycles. The van der Waals surface area contributed by atoms with Crippen molar-refractivity contribution in [2.75, 3.05) is 4.31 Å². The molecule has 0 spiro atoms. The molecule has 2 aromatic rings. The standard InChI is InChI=1S/C14H15N3OS/c1-16-9-8-13(15-16)17(19)14(18)12-7-6-10-4-2-3-5-11(10)12/h2-5,8-9,12,19H,6-7H2,1H3. The zero-order valence-corrected chi connectivity index (χ0v) is 11.5. The van der Waals surface area contributed by atoms with Crippen LogP contribution in [-0.4, -0.2) is 15.7 Å². The Bertz CT molecular complexity index is 623. The molecular formula is C14H15N3OS. The van der Waals surface area contributed by atoms with Crippen LogP contribution in [0, 0.1) is 0 Å². The summed E-state index contributed by atoms with van der Waals surface area (Å²) in [6.07, 6.45) is 3.60. The highest BCUT2D eigenvalue weighted by atomic mass is 32.1. The quantitative estimate of drug-likeness (QED) is 0.853. The van der Waals surface area contributed by atoms with Gasteiger partial charge in [-0.1, -0.05) is 37.1 Å². The third-order valence-corrected chi connectivity index (χ3v) is 3.96. The molecule has 1 atom stereocenters. The van der Waals surface area contributed by atoms with Gasteiger partial charge in [-0.15, -0.1) is 0 Å². The van der Waals surface area contributed by atoms with E-state index in [0.29, 0.717) is 5.82 Å². The number of carbonyl (C=O) groups is 1. The number of anilines is 1. The number of fused-ring (bicyclic) bond motifs is 1. The van der Waals surface area contributed by atoms with Crippen LogP contribution in [0.3, 0.4) is 0 Å². The Morgan fingerprint density at radius 2 is 2.21 bits per heavy atom. The van der Waals surface area contributed by atoms with E-state index in [4.69, 9.17) is 0 Å². The zero-order chi connectivity index (χ0) is 13.4. The molecule has 0 saturated carbocycles. The molecule has 1 aromatic heterocycles. The van der Waals surface area contributed by atoms with Gasteiger partial charge in [0.25, 0.3) is 0 Å². The average Bonchev–Trinajstić information content (AvgIpc) is 3.03. The van der Waals surface area contributed by atoms with Crippen molar-refractivity contribution in [2.24, 2.45) is 7.05 Å². The molecule has 0 N–H and O–H groups in total. The maximum Gasteiger partial charge on any atom is 0.245 e. The van der Waals surface area contributed by atoms with E-state index in [1.807, 2.05) is 25.2 Å². The number of thiol groups is 1. The molecule has 98 valence electrons. The maximum atomic E-state index is 12.5. The second-order valence-electron chi connectivity index (χ2n) is 4.79. The number of benzene rings is 1. The fraction of sp³-hybridized carbons (Fsp3) is 0.286. The van der Waals surface area contributed by atoms with Crippen LogP contribution in [0.5, 0.6) is 0 Å². The van der Waals surface area contributed by atoms with Crippen LogP contribution in [0.25, 0.3) is 0 Å². The van der Waals surface area contributed by atoms with Crippen LogP contribution in [0.15, 0.2) is 36.5 Å². The van der Waals surface area contributed by atoms with Gasteiger partial charge in [-0.25, -0.2) is 4.31 Å². The number of aryl methyl sites for hydroxylation is 2. The minimum Gasteiger partial charge on any atom is -0.274 e. The first-order valence-corrected chi connectivity index (χ1v) is 6.67. The first-order valence-electron chi connectivity index (χ1n) is 6.27. The van der Waals surface area contributed by atoms with Gasteiger partial charge in [-0.3, -0.25) is 9.48 Å². The molecule has 1 unspecified atom stereocenters. The van der Waals surface area contributed by atoms with Gasteiger partial charge < -0.3 is 0 Å². The highest BCUT2D eigenvalue weighted by Crippen LogP contribution is 2.35. The fourth-order valence-corrected chi connectivity index (χ4v) is 2.84. The van der Waals surface area contributed by atoms with Gasteiger partial charge in [0.05, 0.1) is 5.92 Å². The summed E-state index contributed by atoms with van der Waals surface area (Å²) in [7, 11) is 1.82. The second kappa shape index (κ2) is 4.74. The van der Waals surface area contributed by atoms with Crippen molar-refractivity contribution < 1.29 is 4.79 Å². The highest BCUT2D eigenvalue weighted by Gasteiger charge is 2.31. The number of hydrogen-bond donors (Lipinski definition) is 1. The Morgan fingerprint density at radius 3 is 2.95 bits per heavy atom. The Balaban J connectivity index is 1.86. The van der Waals surface area contributed by atoms with E-state index in [9.17, 15) is 4.79 Å². The Morgan fingerprint density at radius 1 is 1.42 bits per heavy atom. The summed E-state index contributed by atoms with van der Waals surface area (Å²) >= 11 is 4.30. The predicted octanol–water partition coefficient (Wildman–Crippen LogP) is 2.33. The van der Waals surface area contributed by atoms with Crippen molar-refractivity contribution in [1.29, 1.82) is 0 Å². The number of aromatic nitrogens is 2.